The monoisotopic (exact) mass is 416 g/mol. The third-order valence-corrected chi connectivity index (χ3v) is 8.42. The van der Waals surface area contributed by atoms with Gasteiger partial charge in [-0.05, 0) is 25.8 Å². The van der Waals surface area contributed by atoms with Crippen LogP contribution in [-0.2, 0) is 16.0 Å². The van der Waals surface area contributed by atoms with E-state index in [0.29, 0.717) is 18.1 Å². The highest BCUT2D eigenvalue weighted by molar-refractivity contribution is 7.18. The third-order valence-electron chi connectivity index (χ3n) is 7.31. The second-order valence-electron chi connectivity index (χ2n) is 9.44. The molecule has 0 aromatic carbocycles. The SMILES string of the molecule is Cc1sc2nc(CN3CCOCC3)nc(N(C)C3C4CCOC4C3(C)C)c2c1C. The fraction of sp³-hybridized carbons (Fsp3) is 0.727. The minimum absolute atomic E-state index is 0.135. The Balaban J connectivity index is 1.54. The summed E-state index contributed by atoms with van der Waals surface area (Å²) in [7, 11) is 2.23. The molecule has 0 bridgehead atoms. The topological polar surface area (TPSA) is 50.7 Å². The summed E-state index contributed by atoms with van der Waals surface area (Å²) in [6, 6.07) is 0.448. The van der Waals surface area contributed by atoms with Crippen LogP contribution in [0.4, 0.5) is 5.82 Å². The Morgan fingerprint density at radius 1 is 1.17 bits per heavy atom. The van der Waals surface area contributed by atoms with Gasteiger partial charge in [0.15, 0.2) is 0 Å². The van der Waals surface area contributed by atoms with Gasteiger partial charge >= 0.3 is 0 Å². The summed E-state index contributed by atoms with van der Waals surface area (Å²) in [5, 5.41) is 1.24. The van der Waals surface area contributed by atoms with Crippen LogP contribution >= 0.6 is 11.3 Å². The largest absolute Gasteiger partial charge is 0.379 e. The van der Waals surface area contributed by atoms with Crippen LogP contribution in [0.3, 0.4) is 0 Å². The van der Waals surface area contributed by atoms with E-state index in [1.807, 2.05) is 0 Å². The number of anilines is 1. The average molecular weight is 417 g/mol. The molecule has 2 aromatic heterocycles. The second-order valence-corrected chi connectivity index (χ2v) is 10.6. The normalized spacial score (nSPS) is 29.1. The fourth-order valence-electron chi connectivity index (χ4n) is 5.77. The summed E-state index contributed by atoms with van der Waals surface area (Å²) in [5.74, 6) is 2.63. The predicted octanol–water partition coefficient (Wildman–Crippen LogP) is 3.39. The highest BCUT2D eigenvalue weighted by Gasteiger charge is 2.61. The molecular weight excluding hydrogens is 384 g/mol. The lowest BCUT2D eigenvalue weighted by molar-refractivity contribution is -0.101. The molecule has 2 aliphatic heterocycles. The van der Waals surface area contributed by atoms with Crippen LogP contribution in [-0.4, -0.2) is 67.0 Å². The van der Waals surface area contributed by atoms with E-state index in [4.69, 9.17) is 19.4 Å². The molecule has 0 spiro atoms. The predicted molar refractivity (Wildman–Crippen MR) is 117 cm³/mol. The number of aromatic nitrogens is 2. The van der Waals surface area contributed by atoms with Crippen molar-refractivity contribution in [3.63, 3.8) is 0 Å². The van der Waals surface area contributed by atoms with Crippen molar-refractivity contribution >= 4 is 27.4 Å². The van der Waals surface area contributed by atoms with Gasteiger partial charge in [0.2, 0.25) is 0 Å². The van der Waals surface area contributed by atoms with Gasteiger partial charge < -0.3 is 14.4 Å². The van der Waals surface area contributed by atoms with Gasteiger partial charge in [-0.15, -0.1) is 11.3 Å². The lowest BCUT2D eigenvalue weighted by Gasteiger charge is -2.58. The number of fused-ring (bicyclic) bond motifs is 2. The van der Waals surface area contributed by atoms with E-state index in [0.717, 1.165) is 62.3 Å². The van der Waals surface area contributed by atoms with Gasteiger partial charge in [-0.2, -0.15) is 0 Å². The number of rotatable bonds is 4. The number of aryl methyl sites for hydroxylation is 2. The zero-order chi connectivity index (χ0) is 20.3. The molecule has 158 valence electrons. The summed E-state index contributed by atoms with van der Waals surface area (Å²) in [6.45, 7) is 14.3. The average Bonchev–Trinajstić information content (AvgIpc) is 3.25. The number of morpholine rings is 1. The minimum atomic E-state index is 0.135. The van der Waals surface area contributed by atoms with Gasteiger partial charge in [0.25, 0.3) is 0 Å². The van der Waals surface area contributed by atoms with Crippen molar-refractivity contribution in [1.82, 2.24) is 14.9 Å². The molecule has 29 heavy (non-hydrogen) atoms. The number of hydrogen-bond donors (Lipinski definition) is 0. The first-order valence-corrected chi connectivity index (χ1v) is 11.6. The first-order chi connectivity index (χ1) is 13.9. The summed E-state index contributed by atoms with van der Waals surface area (Å²) < 4.78 is 11.6. The van der Waals surface area contributed by atoms with E-state index in [2.05, 4.69) is 44.5 Å². The van der Waals surface area contributed by atoms with Gasteiger partial charge in [-0.25, -0.2) is 9.97 Å². The van der Waals surface area contributed by atoms with Gasteiger partial charge in [0.1, 0.15) is 16.5 Å². The van der Waals surface area contributed by atoms with E-state index < -0.39 is 0 Å². The van der Waals surface area contributed by atoms with E-state index >= 15 is 0 Å². The maximum Gasteiger partial charge on any atom is 0.146 e. The number of ether oxygens (including phenoxy) is 2. The smallest absolute Gasteiger partial charge is 0.146 e. The molecule has 1 saturated carbocycles. The van der Waals surface area contributed by atoms with Gasteiger partial charge in [-0.3, -0.25) is 4.90 Å². The molecule has 0 amide bonds. The highest BCUT2D eigenvalue weighted by Crippen LogP contribution is 2.55. The molecule has 3 atom stereocenters. The summed E-state index contributed by atoms with van der Waals surface area (Å²) in [4.78, 5) is 17.4. The first-order valence-electron chi connectivity index (χ1n) is 10.8. The summed E-state index contributed by atoms with van der Waals surface area (Å²) in [5.41, 5.74) is 1.46. The van der Waals surface area contributed by atoms with Crippen molar-refractivity contribution < 1.29 is 9.47 Å². The van der Waals surface area contributed by atoms with Crippen molar-refractivity contribution in [3.05, 3.63) is 16.3 Å². The van der Waals surface area contributed by atoms with Crippen molar-refractivity contribution in [2.75, 3.05) is 44.9 Å². The van der Waals surface area contributed by atoms with Gasteiger partial charge in [0.05, 0.1) is 31.2 Å². The zero-order valence-corrected chi connectivity index (χ0v) is 19.0. The fourth-order valence-corrected chi connectivity index (χ4v) is 6.81. The summed E-state index contributed by atoms with van der Waals surface area (Å²) in [6.07, 6.45) is 1.53. The van der Waals surface area contributed by atoms with Gasteiger partial charge in [-0.1, -0.05) is 13.8 Å². The first kappa shape index (κ1) is 19.7. The molecule has 0 N–H and O–H groups in total. The standard InChI is InChI=1S/C22H32N4O2S/c1-13-14(2)29-21-17(13)20(23-16(24-21)12-26-7-10-27-11-8-26)25(5)18-15-6-9-28-19(15)22(18,3)4/h15,18-19H,6-12H2,1-5H3. The lowest BCUT2D eigenvalue weighted by atomic mass is 9.57. The molecule has 3 fully saturated rings. The van der Waals surface area contributed by atoms with Crippen LogP contribution in [0.1, 0.15) is 36.5 Å². The molecule has 4 heterocycles. The molecular formula is C22H32N4O2S. The van der Waals surface area contributed by atoms with Crippen LogP contribution in [0.25, 0.3) is 10.2 Å². The summed E-state index contributed by atoms with van der Waals surface area (Å²) >= 11 is 1.80. The Labute approximate surface area is 177 Å². The number of thiophene rings is 1. The molecule has 7 heteroatoms. The van der Waals surface area contributed by atoms with Crippen LogP contribution in [0.2, 0.25) is 0 Å². The van der Waals surface area contributed by atoms with Crippen LogP contribution in [0.15, 0.2) is 0 Å². The van der Waals surface area contributed by atoms with E-state index in [9.17, 15) is 0 Å². The maximum absolute atomic E-state index is 6.05. The van der Waals surface area contributed by atoms with Crippen molar-refractivity contribution in [1.29, 1.82) is 0 Å². The lowest BCUT2D eigenvalue weighted by Crippen LogP contribution is -2.66. The zero-order valence-electron chi connectivity index (χ0n) is 18.2. The quantitative estimate of drug-likeness (QED) is 0.762. The number of nitrogens with zero attached hydrogens (tertiary/aromatic N) is 4. The highest BCUT2D eigenvalue weighted by atomic mass is 32.1. The molecule has 2 aromatic rings. The molecule has 1 aliphatic carbocycles. The van der Waals surface area contributed by atoms with Gasteiger partial charge in [0, 0.05) is 49.0 Å². The molecule has 5 rings (SSSR count). The van der Waals surface area contributed by atoms with E-state index in [1.54, 1.807) is 11.3 Å². The Hall–Kier alpha value is -1.28. The third kappa shape index (κ3) is 3.09. The Morgan fingerprint density at radius 2 is 1.93 bits per heavy atom. The van der Waals surface area contributed by atoms with Crippen molar-refractivity contribution in [2.45, 2.75) is 52.8 Å². The van der Waals surface area contributed by atoms with Crippen LogP contribution in [0, 0.1) is 25.2 Å². The van der Waals surface area contributed by atoms with Crippen molar-refractivity contribution in [2.24, 2.45) is 11.3 Å². The molecule has 0 radical (unpaired) electrons. The molecule has 3 aliphatic rings. The maximum atomic E-state index is 6.05. The second kappa shape index (κ2) is 7.15. The molecule has 3 unspecified atom stereocenters. The number of hydrogen-bond acceptors (Lipinski definition) is 7. The van der Waals surface area contributed by atoms with E-state index in [-0.39, 0.29) is 5.41 Å². The molecule has 6 nitrogen and oxygen atoms in total. The van der Waals surface area contributed by atoms with Crippen LogP contribution < -0.4 is 4.90 Å². The van der Waals surface area contributed by atoms with Crippen LogP contribution in [0.5, 0.6) is 0 Å². The molecule has 2 saturated heterocycles. The van der Waals surface area contributed by atoms with Crippen molar-refractivity contribution in [3.8, 4) is 0 Å². The Bertz CT molecular complexity index is 921. The Morgan fingerprint density at radius 3 is 2.69 bits per heavy atom. The van der Waals surface area contributed by atoms with E-state index in [1.165, 1.54) is 15.8 Å². The minimum Gasteiger partial charge on any atom is -0.379 e. The Kier molecular flexibility index (Phi) is 4.85.